The van der Waals surface area contributed by atoms with Crippen molar-refractivity contribution in [3.05, 3.63) is 0 Å². The standard InChI is InChI=1S/C17H27N3O3/c1-2-3-10-18-14(21)11-12-6-4-8-17-9-5-7-13(17)15(16(22)23)19-20(12)17/h12-13H,2-11H2,1H3,(H,18,21)(H,22,23)/t12-,13-,17-/m1/s1. The van der Waals surface area contributed by atoms with E-state index in [9.17, 15) is 14.7 Å². The van der Waals surface area contributed by atoms with Crippen LogP contribution in [0.5, 0.6) is 0 Å². The minimum atomic E-state index is -0.892. The van der Waals surface area contributed by atoms with E-state index in [-0.39, 0.29) is 23.4 Å². The summed E-state index contributed by atoms with van der Waals surface area (Å²) >= 11 is 0. The van der Waals surface area contributed by atoms with Gasteiger partial charge in [-0.25, -0.2) is 4.79 Å². The van der Waals surface area contributed by atoms with E-state index in [1.807, 2.05) is 5.01 Å². The number of piperidine rings is 1. The lowest BCUT2D eigenvalue weighted by Gasteiger charge is -2.46. The van der Waals surface area contributed by atoms with Crippen LogP contribution < -0.4 is 5.32 Å². The minimum Gasteiger partial charge on any atom is -0.477 e. The van der Waals surface area contributed by atoms with Crippen LogP contribution in [0.25, 0.3) is 0 Å². The highest BCUT2D eigenvalue weighted by Gasteiger charge is 2.58. The number of unbranched alkanes of at least 4 members (excludes halogenated alkanes) is 1. The Balaban J connectivity index is 1.73. The molecule has 2 fully saturated rings. The van der Waals surface area contributed by atoms with Gasteiger partial charge < -0.3 is 10.4 Å². The second-order valence-electron chi connectivity index (χ2n) is 7.14. The molecule has 3 aliphatic rings. The van der Waals surface area contributed by atoms with Crippen molar-refractivity contribution in [2.75, 3.05) is 6.54 Å². The lowest BCUT2D eigenvalue weighted by Crippen LogP contribution is -2.54. The number of carbonyl (C=O) groups is 2. The number of amides is 1. The van der Waals surface area contributed by atoms with E-state index in [4.69, 9.17) is 0 Å². The maximum Gasteiger partial charge on any atom is 0.352 e. The molecule has 0 aromatic carbocycles. The molecule has 3 atom stereocenters. The van der Waals surface area contributed by atoms with Crippen LogP contribution in [0.2, 0.25) is 0 Å². The van der Waals surface area contributed by atoms with Crippen molar-refractivity contribution < 1.29 is 14.7 Å². The van der Waals surface area contributed by atoms with Crippen molar-refractivity contribution in [2.24, 2.45) is 11.0 Å². The fraction of sp³-hybridized carbons (Fsp3) is 0.824. The van der Waals surface area contributed by atoms with Gasteiger partial charge in [-0.1, -0.05) is 19.8 Å². The Kier molecular flexibility index (Phi) is 4.60. The van der Waals surface area contributed by atoms with Gasteiger partial charge in [0.25, 0.3) is 0 Å². The van der Waals surface area contributed by atoms with Gasteiger partial charge in [0.15, 0.2) is 5.71 Å². The summed E-state index contributed by atoms with van der Waals surface area (Å²) < 4.78 is 0. The SMILES string of the molecule is CCCCNC(=O)C[C@H]1CCC[C@@]23CCC[C@@H]2C(C(=O)O)=NN13. The van der Waals surface area contributed by atoms with Crippen LogP contribution >= 0.6 is 0 Å². The number of carbonyl (C=O) groups excluding carboxylic acids is 1. The molecule has 128 valence electrons. The molecule has 0 radical (unpaired) electrons. The molecule has 3 rings (SSSR count). The van der Waals surface area contributed by atoms with Crippen LogP contribution in [0.3, 0.4) is 0 Å². The van der Waals surface area contributed by atoms with Gasteiger partial charge in [0.2, 0.25) is 5.91 Å². The Labute approximate surface area is 137 Å². The number of carboxylic acid groups (broad SMARTS) is 1. The van der Waals surface area contributed by atoms with E-state index in [0.29, 0.717) is 12.1 Å². The highest BCUT2D eigenvalue weighted by molar-refractivity contribution is 6.37. The van der Waals surface area contributed by atoms with Gasteiger partial charge in [-0.3, -0.25) is 9.80 Å². The third-order valence-electron chi connectivity index (χ3n) is 5.74. The summed E-state index contributed by atoms with van der Waals surface area (Å²) in [6.07, 6.45) is 8.45. The van der Waals surface area contributed by atoms with Gasteiger partial charge in [0, 0.05) is 18.9 Å². The summed E-state index contributed by atoms with van der Waals surface area (Å²) in [5.41, 5.74) is 0.196. The first-order valence-corrected chi connectivity index (χ1v) is 8.96. The molecule has 23 heavy (non-hydrogen) atoms. The van der Waals surface area contributed by atoms with Crippen LogP contribution in [0.4, 0.5) is 0 Å². The summed E-state index contributed by atoms with van der Waals surface area (Å²) in [6, 6.07) is 0.0443. The van der Waals surface area contributed by atoms with Crippen molar-refractivity contribution in [1.82, 2.24) is 10.3 Å². The number of hydrazone groups is 1. The van der Waals surface area contributed by atoms with Gasteiger partial charge in [0.05, 0.1) is 11.6 Å². The number of nitrogens with one attached hydrogen (secondary N) is 1. The average Bonchev–Trinajstić information content (AvgIpc) is 3.03. The summed E-state index contributed by atoms with van der Waals surface area (Å²) in [6.45, 7) is 2.82. The molecule has 1 saturated heterocycles. The molecule has 2 heterocycles. The van der Waals surface area contributed by atoms with Crippen LogP contribution in [0.1, 0.15) is 64.7 Å². The van der Waals surface area contributed by atoms with Gasteiger partial charge in [-0.15, -0.1) is 0 Å². The molecular weight excluding hydrogens is 294 g/mol. The quantitative estimate of drug-likeness (QED) is 0.734. The lowest BCUT2D eigenvalue weighted by atomic mass is 9.76. The van der Waals surface area contributed by atoms with E-state index in [1.54, 1.807) is 0 Å². The monoisotopic (exact) mass is 321 g/mol. The Bertz CT molecular complexity index is 519. The number of hydrogen-bond donors (Lipinski definition) is 2. The van der Waals surface area contributed by atoms with Gasteiger partial charge in [-0.2, -0.15) is 5.10 Å². The number of carboxylic acids is 1. The third-order valence-corrected chi connectivity index (χ3v) is 5.74. The Morgan fingerprint density at radius 1 is 1.35 bits per heavy atom. The topological polar surface area (TPSA) is 82.0 Å². The van der Waals surface area contributed by atoms with E-state index >= 15 is 0 Å². The van der Waals surface area contributed by atoms with Crippen molar-refractivity contribution in [3.63, 3.8) is 0 Å². The molecule has 1 aliphatic carbocycles. The molecule has 2 aliphatic heterocycles. The highest BCUT2D eigenvalue weighted by atomic mass is 16.4. The molecule has 1 spiro atoms. The van der Waals surface area contributed by atoms with Crippen molar-refractivity contribution >= 4 is 17.6 Å². The first-order valence-electron chi connectivity index (χ1n) is 8.96. The summed E-state index contributed by atoms with van der Waals surface area (Å²) in [5, 5.41) is 19.0. The number of nitrogens with zero attached hydrogens (tertiary/aromatic N) is 2. The molecule has 6 nitrogen and oxygen atoms in total. The zero-order valence-corrected chi connectivity index (χ0v) is 13.9. The zero-order valence-electron chi connectivity index (χ0n) is 13.9. The van der Waals surface area contributed by atoms with Gasteiger partial charge in [0.1, 0.15) is 0 Å². The number of aliphatic carboxylic acids is 1. The predicted molar refractivity (Wildman–Crippen MR) is 87.2 cm³/mol. The highest BCUT2D eigenvalue weighted by Crippen LogP contribution is 2.52. The Morgan fingerprint density at radius 3 is 2.78 bits per heavy atom. The third kappa shape index (κ3) is 2.83. The van der Waals surface area contributed by atoms with E-state index in [1.165, 1.54) is 0 Å². The van der Waals surface area contributed by atoms with Crippen LogP contribution in [-0.4, -0.2) is 45.8 Å². The summed E-state index contributed by atoms with van der Waals surface area (Å²) in [7, 11) is 0. The molecular formula is C17H27N3O3. The van der Waals surface area contributed by atoms with Gasteiger partial charge in [-0.05, 0) is 38.5 Å². The molecule has 0 unspecified atom stereocenters. The van der Waals surface area contributed by atoms with Crippen LogP contribution in [0.15, 0.2) is 5.10 Å². The first kappa shape index (κ1) is 16.3. The van der Waals surface area contributed by atoms with E-state index in [2.05, 4.69) is 17.3 Å². The van der Waals surface area contributed by atoms with E-state index in [0.717, 1.165) is 57.9 Å². The second-order valence-corrected chi connectivity index (χ2v) is 7.14. The van der Waals surface area contributed by atoms with Crippen molar-refractivity contribution in [3.8, 4) is 0 Å². The molecule has 0 aromatic rings. The van der Waals surface area contributed by atoms with Crippen molar-refractivity contribution in [1.29, 1.82) is 0 Å². The zero-order chi connectivity index (χ0) is 16.4. The Hall–Kier alpha value is -1.59. The lowest BCUT2D eigenvalue weighted by molar-refractivity contribution is -0.129. The van der Waals surface area contributed by atoms with Crippen molar-refractivity contribution in [2.45, 2.75) is 76.3 Å². The molecule has 1 saturated carbocycles. The summed E-state index contributed by atoms with van der Waals surface area (Å²) in [4.78, 5) is 23.7. The molecule has 2 N–H and O–H groups in total. The maximum atomic E-state index is 12.2. The predicted octanol–water partition coefficient (Wildman–Crippen LogP) is 2.14. The first-order chi connectivity index (χ1) is 11.1. The molecule has 6 heteroatoms. The normalized spacial score (nSPS) is 32.2. The van der Waals surface area contributed by atoms with Gasteiger partial charge >= 0.3 is 5.97 Å². The number of hydrogen-bond acceptors (Lipinski definition) is 4. The largest absolute Gasteiger partial charge is 0.477 e. The smallest absolute Gasteiger partial charge is 0.352 e. The number of rotatable bonds is 6. The summed E-state index contributed by atoms with van der Waals surface area (Å²) in [5.74, 6) is -0.781. The van der Waals surface area contributed by atoms with E-state index < -0.39 is 5.97 Å². The minimum absolute atomic E-state index is 0.0443. The van der Waals surface area contributed by atoms with Crippen LogP contribution in [-0.2, 0) is 9.59 Å². The molecule has 0 aromatic heterocycles. The molecule has 1 amide bonds. The molecule has 0 bridgehead atoms. The van der Waals surface area contributed by atoms with Crippen LogP contribution in [0, 0.1) is 5.92 Å². The average molecular weight is 321 g/mol. The fourth-order valence-corrected chi connectivity index (χ4v) is 4.70. The second kappa shape index (κ2) is 6.49. The maximum absolute atomic E-state index is 12.2. The fourth-order valence-electron chi connectivity index (χ4n) is 4.70. The Morgan fingerprint density at radius 2 is 2.09 bits per heavy atom.